The van der Waals surface area contributed by atoms with Crippen molar-refractivity contribution in [2.24, 2.45) is 11.8 Å². The van der Waals surface area contributed by atoms with Gasteiger partial charge in [0.1, 0.15) is 6.04 Å². The fourth-order valence-corrected chi connectivity index (χ4v) is 10.5. The number of hydrogen-bond donors (Lipinski definition) is 1. The molecule has 1 N–H and O–H groups in total. The number of carbonyl (C=O) groups excluding carboxylic acids is 3. The first-order valence-electron chi connectivity index (χ1n) is 13.6. The monoisotopic (exact) mass is 657 g/mol. The van der Waals surface area contributed by atoms with Gasteiger partial charge < -0.3 is 19.8 Å². The summed E-state index contributed by atoms with van der Waals surface area (Å²) in [4.78, 5) is 48.1. The summed E-state index contributed by atoms with van der Waals surface area (Å²) in [5, 5.41) is 10.4. The van der Waals surface area contributed by atoms with Crippen molar-refractivity contribution in [1.29, 1.82) is 0 Å². The van der Waals surface area contributed by atoms with E-state index in [4.69, 9.17) is 11.6 Å². The number of fused-ring (bicyclic) bond motifs is 1. The lowest BCUT2D eigenvalue weighted by molar-refractivity contribution is -0.141. The van der Waals surface area contributed by atoms with Crippen molar-refractivity contribution in [2.75, 3.05) is 29.5 Å². The topological polar surface area (TPSA) is 81.2 Å². The lowest BCUT2D eigenvalue weighted by Gasteiger charge is -2.39. The maximum absolute atomic E-state index is 14.6. The third-order valence-corrected chi connectivity index (χ3v) is 11.9. The molecular weight excluding hydrogens is 626 g/mol. The first kappa shape index (κ1) is 29.9. The summed E-state index contributed by atoms with van der Waals surface area (Å²) in [6.45, 7) is 9.59. The number of alkyl halides is 1. The molecule has 2 aromatic carbocycles. The number of benzene rings is 2. The van der Waals surface area contributed by atoms with Crippen LogP contribution in [0.2, 0.25) is 5.02 Å². The zero-order chi connectivity index (χ0) is 29.5. The number of nitrogens with zero attached hydrogens (tertiary/aromatic N) is 3. The van der Waals surface area contributed by atoms with Crippen molar-refractivity contribution < 1.29 is 19.5 Å². The number of aliphatic hydroxyl groups excluding tert-OH is 1. The summed E-state index contributed by atoms with van der Waals surface area (Å²) in [5.74, 6) is -2.14. The van der Waals surface area contributed by atoms with E-state index in [-0.39, 0.29) is 47.5 Å². The van der Waals surface area contributed by atoms with Gasteiger partial charge in [0, 0.05) is 28.9 Å². The first-order chi connectivity index (χ1) is 19.7. The molecule has 41 heavy (non-hydrogen) atoms. The van der Waals surface area contributed by atoms with Gasteiger partial charge in [-0.15, -0.1) is 24.9 Å². The van der Waals surface area contributed by atoms with Gasteiger partial charge in [-0.2, -0.15) is 0 Å². The third kappa shape index (κ3) is 4.84. The highest BCUT2D eigenvalue weighted by Gasteiger charge is 2.76. The van der Waals surface area contributed by atoms with Gasteiger partial charge in [-0.25, -0.2) is 0 Å². The van der Waals surface area contributed by atoms with Gasteiger partial charge in [-0.1, -0.05) is 70.0 Å². The van der Waals surface area contributed by atoms with E-state index < -0.39 is 28.7 Å². The van der Waals surface area contributed by atoms with Crippen LogP contribution in [0.5, 0.6) is 0 Å². The first-order valence-corrected chi connectivity index (χ1v) is 15.8. The van der Waals surface area contributed by atoms with Gasteiger partial charge in [0.05, 0.1) is 39.9 Å². The van der Waals surface area contributed by atoms with Crippen molar-refractivity contribution in [2.45, 2.75) is 40.3 Å². The molecule has 3 unspecified atom stereocenters. The molecule has 2 bridgehead atoms. The molecule has 7 atom stereocenters. The Morgan fingerprint density at radius 2 is 1.76 bits per heavy atom. The molecule has 10 heteroatoms. The van der Waals surface area contributed by atoms with E-state index in [0.29, 0.717) is 17.1 Å². The maximum Gasteiger partial charge on any atom is 0.251 e. The number of amides is 3. The van der Waals surface area contributed by atoms with Gasteiger partial charge in [0.25, 0.3) is 5.91 Å². The molecule has 0 radical (unpaired) electrons. The van der Waals surface area contributed by atoms with Crippen LogP contribution in [0.4, 0.5) is 11.4 Å². The molecule has 0 aromatic heterocycles. The fourth-order valence-electron chi connectivity index (χ4n) is 6.69. The number of thioether (sulfide) groups is 1. The second-order valence-corrected chi connectivity index (χ2v) is 13.8. The van der Waals surface area contributed by atoms with Crippen LogP contribution < -0.4 is 9.80 Å². The maximum atomic E-state index is 14.6. The molecule has 0 aliphatic carbocycles. The van der Waals surface area contributed by atoms with Crippen molar-refractivity contribution in [3.05, 3.63) is 84.9 Å². The molecule has 3 saturated heterocycles. The van der Waals surface area contributed by atoms with Crippen molar-refractivity contribution in [1.82, 2.24) is 4.90 Å². The van der Waals surface area contributed by atoms with Crippen molar-refractivity contribution in [3.8, 4) is 0 Å². The summed E-state index contributed by atoms with van der Waals surface area (Å²) in [7, 11) is 0. The number of carbonyl (C=O) groups is 3. The zero-order valence-electron chi connectivity index (χ0n) is 22.7. The predicted octanol–water partition coefficient (Wildman–Crippen LogP) is 4.92. The minimum Gasteiger partial charge on any atom is -0.394 e. The SMILES string of the molecule is C=CCN(C(=O)[C@H]1[C@@H]2SC3(CC2Br)C(C(=O)N(CC=C)c2ccccc2Cl)N([C@H](C)CO)C(=O)[C@H]13)c1ccccc1. The van der Waals surface area contributed by atoms with Gasteiger partial charge in [-0.05, 0) is 37.6 Å². The highest BCUT2D eigenvalue weighted by molar-refractivity contribution is 9.09. The van der Waals surface area contributed by atoms with Gasteiger partial charge >= 0.3 is 0 Å². The molecule has 3 heterocycles. The highest BCUT2D eigenvalue weighted by Crippen LogP contribution is 2.68. The molecule has 1 spiro atoms. The lowest BCUT2D eigenvalue weighted by atomic mass is 9.70. The van der Waals surface area contributed by atoms with Crippen LogP contribution in [0, 0.1) is 11.8 Å². The second kappa shape index (κ2) is 12.0. The molecule has 7 nitrogen and oxygen atoms in total. The van der Waals surface area contributed by atoms with Crippen LogP contribution in [-0.4, -0.2) is 74.3 Å². The third-order valence-electron chi connectivity index (χ3n) is 8.35. The lowest BCUT2D eigenvalue weighted by Crippen LogP contribution is -2.57. The summed E-state index contributed by atoms with van der Waals surface area (Å²) >= 11 is 11.9. The average molecular weight is 659 g/mol. The van der Waals surface area contributed by atoms with Crippen LogP contribution in [-0.2, 0) is 14.4 Å². The Balaban J connectivity index is 1.61. The van der Waals surface area contributed by atoms with Crippen LogP contribution in [0.1, 0.15) is 13.3 Å². The van der Waals surface area contributed by atoms with Gasteiger partial charge in [0.2, 0.25) is 11.8 Å². The number of rotatable bonds is 10. The summed E-state index contributed by atoms with van der Waals surface area (Å²) in [5.41, 5.74) is 1.24. The number of aliphatic hydroxyl groups is 1. The van der Waals surface area contributed by atoms with E-state index in [1.807, 2.05) is 30.3 Å². The second-order valence-electron chi connectivity index (χ2n) is 10.7. The number of likely N-dealkylation sites (tertiary alicyclic amines) is 1. The molecule has 3 fully saturated rings. The van der Waals surface area contributed by atoms with E-state index in [2.05, 4.69) is 29.1 Å². The Bertz CT molecular complexity index is 1360. The summed E-state index contributed by atoms with van der Waals surface area (Å²) in [6.07, 6.45) is 3.83. The summed E-state index contributed by atoms with van der Waals surface area (Å²) < 4.78 is -0.867. The number of halogens is 2. The fraction of sp³-hybridized carbons (Fsp3) is 0.387. The normalized spacial score (nSPS) is 28.7. The smallest absolute Gasteiger partial charge is 0.251 e. The molecule has 2 aromatic rings. The molecule has 3 amide bonds. The van der Waals surface area contributed by atoms with Crippen molar-refractivity contribution in [3.63, 3.8) is 0 Å². The Morgan fingerprint density at radius 3 is 2.39 bits per heavy atom. The van der Waals surface area contributed by atoms with Gasteiger partial charge in [-0.3, -0.25) is 14.4 Å². The van der Waals surface area contributed by atoms with Crippen LogP contribution in [0.25, 0.3) is 0 Å². The Kier molecular flexibility index (Phi) is 8.71. The predicted molar refractivity (Wildman–Crippen MR) is 169 cm³/mol. The number of para-hydroxylation sites is 2. The Labute approximate surface area is 258 Å². The van der Waals surface area contributed by atoms with Gasteiger partial charge in [0.15, 0.2) is 0 Å². The average Bonchev–Trinajstić information content (AvgIpc) is 3.57. The van der Waals surface area contributed by atoms with E-state index in [1.165, 1.54) is 4.90 Å². The van der Waals surface area contributed by atoms with Crippen LogP contribution in [0.15, 0.2) is 79.9 Å². The molecule has 3 aliphatic rings. The molecule has 3 aliphatic heterocycles. The molecule has 216 valence electrons. The molecular formula is C31H33BrClN3O4S. The summed E-state index contributed by atoms with van der Waals surface area (Å²) in [6, 6.07) is 14.9. The largest absolute Gasteiger partial charge is 0.394 e. The van der Waals surface area contributed by atoms with E-state index in [0.717, 1.165) is 5.69 Å². The standard InChI is InChI=1S/C31H33BrClN3O4S/c1-4-15-34(20-11-7-6-8-12-20)28(38)24-25-29(39)36(19(3)18-37)27(31(25)17-21(32)26(24)41-31)30(40)35(16-5-2)23-14-10-9-13-22(23)33/h4-14,19,21,24-27,37H,1-2,15-18H2,3H3/t19-,21?,24-,25+,26-,27?,31?/m1/s1. The van der Waals surface area contributed by atoms with Crippen LogP contribution >= 0.6 is 39.3 Å². The highest BCUT2D eigenvalue weighted by atomic mass is 79.9. The minimum atomic E-state index is -0.907. The Morgan fingerprint density at radius 1 is 1.12 bits per heavy atom. The minimum absolute atomic E-state index is 0.0836. The van der Waals surface area contributed by atoms with E-state index >= 15 is 0 Å². The van der Waals surface area contributed by atoms with E-state index in [1.54, 1.807) is 64.9 Å². The number of anilines is 2. The van der Waals surface area contributed by atoms with E-state index in [9.17, 15) is 19.5 Å². The molecule has 0 saturated carbocycles. The molecule has 5 rings (SSSR count). The number of hydrogen-bond acceptors (Lipinski definition) is 5. The zero-order valence-corrected chi connectivity index (χ0v) is 25.9. The Hall–Kier alpha value is -2.59. The van der Waals surface area contributed by atoms with Crippen molar-refractivity contribution >= 4 is 68.4 Å². The quantitative estimate of drug-likeness (QED) is 0.290. The van der Waals surface area contributed by atoms with Crippen LogP contribution in [0.3, 0.4) is 0 Å².